The van der Waals surface area contributed by atoms with Gasteiger partial charge in [0.25, 0.3) is 0 Å². The van der Waals surface area contributed by atoms with E-state index >= 15 is 0 Å². The fraction of sp³-hybridized carbons (Fsp3) is 0. The van der Waals surface area contributed by atoms with Crippen LogP contribution in [0.15, 0.2) is 42.2 Å². The second-order valence-electron chi connectivity index (χ2n) is 2.35. The van der Waals surface area contributed by atoms with E-state index in [1.807, 2.05) is 17.5 Å². The molecule has 0 aliphatic carbocycles. The second-order valence-corrected chi connectivity index (χ2v) is 6.21. The number of hydrogen-bond donors (Lipinski definition) is 0. The van der Waals surface area contributed by atoms with Gasteiger partial charge >= 0.3 is 0 Å². The van der Waals surface area contributed by atoms with E-state index in [2.05, 4.69) is 41.8 Å². The van der Waals surface area contributed by atoms with Crippen molar-refractivity contribution in [2.24, 2.45) is 0 Å². The van der Waals surface area contributed by atoms with Crippen LogP contribution in [0.1, 0.15) is 0 Å². The Morgan fingerprint density at radius 1 is 1.29 bits per heavy atom. The highest BCUT2D eigenvalue weighted by Crippen LogP contribution is 2.30. The van der Waals surface area contributed by atoms with Crippen molar-refractivity contribution >= 4 is 55.0 Å². The van der Waals surface area contributed by atoms with Gasteiger partial charge in [-0.05, 0) is 55.8 Å². The Kier molecular flexibility index (Phi) is 3.59. The first-order valence-corrected chi connectivity index (χ1v) is 6.93. The summed E-state index contributed by atoms with van der Waals surface area (Å²) in [5, 5.41) is 2.91. The molecule has 0 aliphatic rings. The van der Waals surface area contributed by atoms with E-state index in [1.54, 1.807) is 29.3 Å². The van der Waals surface area contributed by atoms with Crippen LogP contribution in [-0.2, 0) is 0 Å². The molecular weight excluding hydrogens is 348 g/mol. The smallest absolute Gasteiger partial charge is 0.157 e. The molecule has 0 bridgehead atoms. The third-order valence-electron chi connectivity index (χ3n) is 1.35. The van der Waals surface area contributed by atoms with Crippen molar-refractivity contribution in [3.05, 3.63) is 32.8 Å². The summed E-state index contributed by atoms with van der Waals surface area (Å²) < 4.78 is 2.86. The lowest BCUT2D eigenvalue weighted by atomic mass is 10.5. The minimum absolute atomic E-state index is 0.877. The standard InChI is InChI=1S/C8H4Br2N2S2/c9-5-1-2-7(11-3-5)14-8-12-6(10)4-13-8/h1-4H. The second kappa shape index (κ2) is 4.74. The number of halogens is 2. The molecule has 0 amide bonds. The molecule has 0 saturated heterocycles. The van der Waals surface area contributed by atoms with E-state index < -0.39 is 0 Å². The molecule has 0 unspecified atom stereocenters. The summed E-state index contributed by atoms with van der Waals surface area (Å²) in [5.74, 6) is 0. The molecule has 0 aliphatic heterocycles. The van der Waals surface area contributed by atoms with Crippen LogP contribution in [0.5, 0.6) is 0 Å². The molecule has 0 fully saturated rings. The van der Waals surface area contributed by atoms with Crippen LogP contribution in [-0.4, -0.2) is 9.97 Å². The normalized spacial score (nSPS) is 10.4. The molecule has 2 aromatic heterocycles. The average Bonchev–Trinajstić information content (AvgIpc) is 2.56. The Labute approximate surface area is 106 Å². The molecular formula is C8H4Br2N2S2. The topological polar surface area (TPSA) is 25.8 Å². The van der Waals surface area contributed by atoms with Gasteiger partial charge in [0.05, 0.1) is 0 Å². The van der Waals surface area contributed by atoms with Gasteiger partial charge in [0.2, 0.25) is 0 Å². The lowest BCUT2D eigenvalue weighted by Gasteiger charge is -1.95. The van der Waals surface area contributed by atoms with Gasteiger partial charge in [-0.15, -0.1) is 11.3 Å². The van der Waals surface area contributed by atoms with Crippen LogP contribution in [0, 0.1) is 0 Å². The Bertz CT molecular complexity index is 427. The lowest BCUT2D eigenvalue weighted by molar-refractivity contribution is 1.11. The first-order valence-electron chi connectivity index (χ1n) is 3.64. The Morgan fingerprint density at radius 2 is 2.14 bits per heavy atom. The Hall–Kier alpha value is 0.0900. The van der Waals surface area contributed by atoms with Gasteiger partial charge in [-0.1, -0.05) is 0 Å². The zero-order valence-corrected chi connectivity index (χ0v) is 11.6. The van der Waals surface area contributed by atoms with E-state index in [0.717, 1.165) is 18.4 Å². The Morgan fingerprint density at radius 3 is 2.71 bits per heavy atom. The number of thiazole rings is 1. The molecule has 2 rings (SSSR count). The predicted octanol–water partition coefficient (Wildman–Crippen LogP) is 4.21. The summed E-state index contributed by atoms with van der Waals surface area (Å²) in [6, 6.07) is 3.93. The van der Waals surface area contributed by atoms with Gasteiger partial charge in [-0.3, -0.25) is 0 Å². The van der Waals surface area contributed by atoms with Gasteiger partial charge < -0.3 is 0 Å². The molecule has 0 N–H and O–H groups in total. The Balaban J connectivity index is 2.15. The van der Waals surface area contributed by atoms with Crippen molar-refractivity contribution in [2.45, 2.75) is 9.37 Å². The van der Waals surface area contributed by atoms with Crippen LogP contribution in [0.2, 0.25) is 0 Å². The summed E-state index contributed by atoms with van der Waals surface area (Å²) in [7, 11) is 0. The SMILES string of the molecule is Brc1ccc(Sc2nc(Br)cs2)nc1. The molecule has 0 saturated carbocycles. The van der Waals surface area contributed by atoms with Crippen LogP contribution in [0.4, 0.5) is 0 Å². The average molecular weight is 352 g/mol. The van der Waals surface area contributed by atoms with E-state index in [0.29, 0.717) is 0 Å². The molecule has 6 heteroatoms. The van der Waals surface area contributed by atoms with E-state index in [9.17, 15) is 0 Å². The molecule has 0 spiro atoms. The van der Waals surface area contributed by atoms with Gasteiger partial charge in [-0.2, -0.15) is 0 Å². The molecule has 0 atom stereocenters. The maximum Gasteiger partial charge on any atom is 0.157 e. The maximum absolute atomic E-state index is 4.27. The third kappa shape index (κ3) is 2.79. The van der Waals surface area contributed by atoms with Gasteiger partial charge in [0.15, 0.2) is 4.34 Å². The number of aromatic nitrogens is 2. The van der Waals surface area contributed by atoms with Crippen molar-refractivity contribution < 1.29 is 0 Å². The summed E-state index contributed by atoms with van der Waals surface area (Å²) in [5.41, 5.74) is 0. The van der Waals surface area contributed by atoms with Crippen LogP contribution in [0.25, 0.3) is 0 Å². The molecule has 0 radical (unpaired) electrons. The highest BCUT2D eigenvalue weighted by atomic mass is 79.9. The van der Waals surface area contributed by atoms with E-state index in [1.165, 1.54) is 0 Å². The zero-order valence-electron chi connectivity index (χ0n) is 6.78. The quantitative estimate of drug-likeness (QED) is 0.810. The maximum atomic E-state index is 4.27. The van der Waals surface area contributed by atoms with Crippen molar-refractivity contribution in [3.8, 4) is 0 Å². The molecule has 2 nitrogen and oxygen atoms in total. The third-order valence-corrected chi connectivity index (χ3v) is 4.41. The molecule has 14 heavy (non-hydrogen) atoms. The monoisotopic (exact) mass is 350 g/mol. The first kappa shape index (κ1) is 10.6. The van der Waals surface area contributed by atoms with Gasteiger partial charge in [0.1, 0.15) is 9.63 Å². The number of rotatable bonds is 2. The van der Waals surface area contributed by atoms with Gasteiger partial charge in [-0.25, -0.2) is 9.97 Å². The number of pyridine rings is 1. The van der Waals surface area contributed by atoms with Crippen molar-refractivity contribution in [3.63, 3.8) is 0 Å². The van der Waals surface area contributed by atoms with Crippen molar-refractivity contribution in [1.82, 2.24) is 9.97 Å². The van der Waals surface area contributed by atoms with E-state index in [4.69, 9.17) is 0 Å². The molecule has 72 valence electrons. The fourth-order valence-corrected chi connectivity index (χ4v) is 3.28. The summed E-state index contributed by atoms with van der Waals surface area (Å²) in [4.78, 5) is 8.53. The van der Waals surface area contributed by atoms with Crippen molar-refractivity contribution in [1.29, 1.82) is 0 Å². The van der Waals surface area contributed by atoms with Crippen LogP contribution in [0.3, 0.4) is 0 Å². The minimum Gasteiger partial charge on any atom is -0.248 e. The molecule has 0 aromatic carbocycles. The summed E-state index contributed by atoms with van der Waals surface area (Å²) >= 11 is 9.82. The van der Waals surface area contributed by atoms with E-state index in [-0.39, 0.29) is 0 Å². The highest BCUT2D eigenvalue weighted by molar-refractivity contribution is 9.10. The first-order chi connectivity index (χ1) is 6.74. The lowest BCUT2D eigenvalue weighted by Crippen LogP contribution is -1.77. The number of hydrogen-bond acceptors (Lipinski definition) is 4. The fourth-order valence-electron chi connectivity index (χ4n) is 0.798. The predicted molar refractivity (Wildman–Crippen MR) is 65.9 cm³/mol. The highest BCUT2D eigenvalue weighted by Gasteiger charge is 2.02. The minimum atomic E-state index is 0.877. The van der Waals surface area contributed by atoms with Gasteiger partial charge in [0, 0.05) is 16.0 Å². The summed E-state index contributed by atoms with van der Waals surface area (Å²) in [6.45, 7) is 0. The molecule has 2 heterocycles. The van der Waals surface area contributed by atoms with Crippen LogP contribution >= 0.6 is 55.0 Å². The largest absolute Gasteiger partial charge is 0.248 e. The van der Waals surface area contributed by atoms with Crippen LogP contribution < -0.4 is 0 Å². The zero-order chi connectivity index (χ0) is 9.97. The molecule has 2 aromatic rings. The summed E-state index contributed by atoms with van der Waals surface area (Å²) in [6.07, 6.45) is 1.78. The number of nitrogens with zero attached hydrogens (tertiary/aromatic N) is 2. The van der Waals surface area contributed by atoms with Crippen molar-refractivity contribution in [2.75, 3.05) is 0 Å².